The molecule has 0 aliphatic heterocycles. The molecule has 1 aromatic carbocycles. The number of nitro benzene ring substituents is 1. The molecule has 2 aromatic rings. The van der Waals surface area contributed by atoms with Gasteiger partial charge in [0.1, 0.15) is 18.2 Å². The summed E-state index contributed by atoms with van der Waals surface area (Å²) >= 11 is 5.61. The van der Waals surface area contributed by atoms with Crippen molar-refractivity contribution in [1.29, 1.82) is 0 Å². The van der Waals surface area contributed by atoms with Crippen LogP contribution >= 0.6 is 11.6 Å². The van der Waals surface area contributed by atoms with Gasteiger partial charge in [-0.25, -0.2) is 4.39 Å². The molecule has 0 amide bonds. The Morgan fingerprint density at radius 2 is 2.15 bits per heavy atom. The molecule has 5 nitrogen and oxygen atoms in total. The number of aromatic nitrogens is 1. The minimum atomic E-state index is -0.673. The van der Waals surface area contributed by atoms with Crippen molar-refractivity contribution in [3.63, 3.8) is 0 Å². The minimum absolute atomic E-state index is 0.0144. The molecule has 0 aliphatic rings. The largest absolute Gasteiger partial charge is 0.487 e. The van der Waals surface area contributed by atoms with Gasteiger partial charge >= 0.3 is 0 Å². The van der Waals surface area contributed by atoms with Crippen molar-refractivity contribution in [2.24, 2.45) is 0 Å². The fourth-order valence-corrected chi connectivity index (χ4v) is 1.72. The fraction of sp³-hybridized carbons (Fsp3) is 0.154. The first-order valence-electron chi connectivity index (χ1n) is 5.66. The van der Waals surface area contributed by atoms with Gasteiger partial charge in [-0.15, -0.1) is 11.6 Å². The highest BCUT2D eigenvalue weighted by Gasteiger charge is 2.10. The Kier molecular flexibility index (Phi) is 4.47. The van der Waals surface area contributed by atoms with E-state index in [2.05, 4.69) is 4.98 Å². The van der Waals surface area contributed by atoms with E-state index in [-0.39, 0.29) is 12.3 Å². The van der Waals surface area contributed by atoms with Crippen LogP contribution in [0.2, 0.25) is 0 Å². The third-order valence-electron chi connectivity index (χ3n) is 2.49. The Hall–Kier alpha value is -2.21. The molecule has 104 valence electrons. The summed E-state index contributed by atoms with van der Waals surface area (Å²) in [6, 6.07) is 6.70. The molecule has 0 fully saturated rings. The number of halogens is 2. The van der Waals surface area contributed by atoms with Crippen LogP contribution < -0.4 is 4.74 Å². The number of hydrogen-bond acceptors (Lipinski definition) is 4. The average molecular weight is 297 g/mol. The monoisotopic (exact) mass is 296 g/mol. The standard InChI is InChI=1S/C13H10ClFN2O3/c14-6-11-1-2-13(7-16-11)20-8-9-3-10(15)5-12(4-9)17(18)19/h1-5,7H,6,8H2. The number of hydrogen-bond donors (Lipinski definition) is 0. The molecular formula is C13H10ClFN2O3. The van der Waals surface area contributed by atoms with E-state index in [1.807, 2.05) is 0 Å². The molecule has 0 radical (unpaired) electrons. The molecule has 0 saturated heterocycles. The summed E-state index contributed by atoms with van der Waals surface area (Å²) in [4.78, 5) is 14.0. The summed E-state index contributed by atoms with van der Waals surface area (Å²) in [7, 11) is 0. The summed E-state index contributed by atoms with van der Waals surface area (Å²) in [5.74, 6) is 0.107. The van der Waals surface area contributed by atoms with Gasteiger partial charge in [0.05, 0.1) is 28.8 Å². The fourth-order valence-electron chi connectivity index (χ4n) is 1.56. The van der Waals surface area contributed by atoms with Gasteiger partial charge in [0.25, 0.3) is 5.69 Å². The van der Waals surface area contributed by atoms with Crippen molar-refractivity contribution in [3.8, 4) is 5.75 Å². The zero-order valence-corrected chi connectivity index (χ0v) is 11.0. The smallest absolute Gasteiger partial charge is 0.272 e. The maximum absolute atomic E-state index is 13.2. The van der Waals surface area contributed by atoms with Gasteiger partial charge in [0.2, 0.25) is 0 Å². The van der Waals surface area contributed by atoms with Crippen molar-refractivity contribution in [1.82, 2.24) is 4.98 Å². The van der Waals surface area contributed by atoms with E-state index < -0.39 is 10.7 Å². The Balaban J connectivity index is 2.08. The van der Waals surface area contributed by atoms with Crippen molar-refractivity contribution in [2.75, 3.05) is 0 Å². The van der Waals surface area contributed by atoms with Crippen LogP contribution in [0.15, 0.2) is 36.5 Å². The van der Waals surface area contributed by atoms with Crippen LogP contribution in [0.5, 0.6) is 5.75 Å². The molecule has 0 saturated carbocycles. The Morgan fingerprint density at radius 1 is 1.35 bits per heavy atom. The molecule has 0 bridgehead atoms. The second-order valence-corrected chi connectivity index (χ2v) is 4.25. The first-order chi connectivity index (χ1) is 9.58. The van der Waals surface area contributed by atoms with Crippen LogP contribution in [0.1, 0.15) is 11.3 Å². The second kappa shape index (κ2) is 6.29. The zero-order valence-electron chi connectivity index (χ0n) is 10.3. The van der Waals surface area contributed by atoms with Gasteiger partial charge in [-0.2, -0.15) is 0 Å². The van der Waals surface area contributed by atoms with Crippen LogP contribution in [-0.4, -0.2) is 9.91 Å². The van der Waals surface area contributed by atoms with Gasteiger partial charge in [-0.1, -0.05) is 0 Å². The number of benzene rings is 1. The summed E-state index contributed by atoms with van der Waals surface area (Å²) in [5, 5.41) is 10.6. The number of alkyl halides is 1. The lowest BCUT2D eigenvalue weighted by Crippen LogP contribution is -1.99. The molecule has 0 atom stereocenters. The predicted molar refractivity (Wildman–Crippen MR) is 71.2 cm³/mol. The van der Waals surface area contributed by atoms with E-state index in [1.165, 1.54) is 18.3 Å². The van der Waals surface area contributed by atoms with Gasteiger partial charge in [-0.05, 0) is 23.8 Å². The quantitative estimate of drug-likeness (QED) is 0.481. The molecule has 1 heterocycles. The number of nitro groups is 1. The number of nitrogens with zero attached hydrogens (tertiary/aromatic N) is 2. The Morgan fingerprint density at radius 3 is 2.75 bits per heavy atom. The summed E-state index contributed by atoms with van der Waals surface area (Å²) in [6.45, 7) is 0.0144. The number of rotatable bonds is 5. The summed E-state index contributed by atoms with van der Waals surface area (Å²) in [6.07, 6.45) is 1.49. The van der Waals surface area contributed by atoms with Gasteiger partial charge in [0.15, 0.2) is 0 Å². The minimum Gasteiger partial charge on any atom is -0.487 e. The third-order valence-corrected chi connectivity index (χ3v) is 2.77. The van der Waals surface area contributed by atoms with E-state index in [0.29, 0.717) is 22.9 Å². The molecule has 2 rings (SSSR count). The lowest BCUT2D eigenvalue weighted by molar-refractivity contribution is -0.385. The van der Waals surface area contributed by atoms with E-state index in [4.69, 9.17) is 16.3 Å². The highest BCUT2D eigenvalue weighted by molar-refractivity contribution is 6.16. The van der Waals surface area contributed by atoms with E-state index in [0.717, 1.165) is 6.07 Å². The van der Waals surface area contributed by atoms with Gasteiger partial charge < -0.3 is 4.74 Å². The van der Waals surface area contributed by atoms with Crippen molar-refractivity contribution >= 4 is 17.3 Å². The van der Waals surface area contributed by atoms with Crippen LogP contribution in [0, 0.1) is 15.9 Å². The number of ether oxygens (including phenoxy) is 1. The Bertz CT molecular complexity index is 620. The number of non-ortho nitro benzene ring substituents is 1. The van der Waals surface area contributed by atoms with Crippen LogP contribution in [0.25, 0.3) is 0 Å². The van der Waals surface area contributed by atoms with Crippen molar-refractivity contribution in [3.05, 3.63) is 63.7 Å². The van der Waals surface area contributed by atoms with E-state index in [9.17, 15) is 14.5 Å². The normalized spacial score (nSPS) is 10.3. The van der Waals surface area contributed by atoms with E-state index in [1.54, 1.807) is 12.1 Å². The lowest BCUT2D eigenvalue weighted by Gasteiger charge is -2.06. The van der Waals surface area contributed by atoms with Crippen LogP contribution in [-0.2, 0) is 12.5 Å². The van der Waals surface area contributed by atoms with Gasteiger partial charge in [0, 0.05) is 6.07 Å². The topological polar surface area (TPSA) is 65.3 Å². The SMILES string of the molecule is O=[N+]([O-])c1cc(F)cc(COc2ccc(CCl)nc2)c1. The number of pyridine rings is 1. The van der Waals surface area contributed by atoms with E-state index >= 15 is 0 Å². The highest BCUT2D eigenvalue weighted by atomic mass is 35.5. The first kappa shape index (κ1) is 14.2. The average Bonchev–Trinajstić information content (AvgIpc) is 2.45. The summed E-state index contributed by atoms with van der Waals surface area (Å²) < 4.78 is 18.6. The molecule has 0 N–H and O–H groups in total. The summed E-state index contributed by atoms with van der Waals surface area (Å²) in [5.41, 5.74) is 0.776. The second-order valence-electron chi connectivity index (χ2n) is 3.98. The molecule has 7 heteroatoms. The zero-order chi connectivity index (χ0) is 14.5. The maximum atomic E-state index is 13.2. The molecule has 0 unspecified atom stereocenters. The molecular weight excluding hydrogens is 287 g/mol. The van der Waals surface area contributed by atoms with Crippen LogP contribution in [0.4, 0.5) is 10.1 Å². The highest BCUT2D eigenvalue weighted by Crippen LogP contribution is 2.18. The van der Waals surface area contributed by atoms with Crippen molar-refractivity contribution < 1.29 is 14.1 Å². The molecule has 20 heavy (non-hydrogen) atoms. The van der Waals surface area contributed by atoms with Gasteiger partial charge in [-0.3, -0.25) is 15.1 Å². The predicted octanol–water partition coefficient (Wildman–Crippen LogP) is 3.45. The molecule has 0 aliphatic carbocycles. The third kappa shape index (κ3) is 3.64. The molecule has 0 spiro atoms. The first-order valence-corrected chi connectivity index (χ1v) is 6.19. The Labute approximate surface area is 119 Å². The molecule has 1 aromatic heterocycles. The maximum Gasteiger partial charge on any atom is 0.272 e. The lowest BCUT2D eigenvalue weighted by atomic mass is 10.2. The van der Waals surface area contributed by atoms with Crippen LogP contribution in [0.3, 0.4) is 0 Å². The van der Waals surface area contributed by atoms with Crippen molar-refractivity contribution in [2.45, 2.75) is 12.5 Å².